The van der Waals surface area contributed by atoms with Gasteiger partial charge in [-0.25, -0.2) is 4.99 Å². The molecule has 2 fully saturated rings. The molecule has 1 unspecified atom stereocenters. The number of nitrogens with one attached hydrogen (secondary N) is 2. The van der Waals surface area contributed by atoms with Crippen molar-refractivity contribution in [2.24, 2.45) is 12.0 Å². The Hall–Kier alpha value is -1.89. The predicted molar refractivity (Wildman–Crippen MR) is 93.8 cm³/mol. The molecule has 1 saturated carbocycles. The molecule has 7 nitrogen and oxygen atoms in total. The van der Waals surface area contributed by atoms with Gasteiger partial charge in [-0.2, -0.15) is 0 Å². The molecule has 0 bridgehead atoms. The number of nitrogens with zero attached hydrogens (tertiary/aromatic N) is 4. The van der Waals surface area contributed by atoms with Gasteiger partial charge in [-0.3, -0.25) is 0 Å². The lowest BCUT2D eigenvalue weighted by Crippen LogP contribution is -2.54. The first-order chi connectivity index (χ1) is 11.6. The van der Waals surface area contributed by atoms with Gasteiger partial charge in [-0.05, 0) is 39.0 Å². The monoisotopic (exact) mass is 332 g/mol. The zero-order valence-electron chi connectivity index (χ0n) is 14.7. The van der Waals surface area contributed by atoms with E-state index in [1.54, 1.807) is 0 Å². The van der Waals surface area contributed by atoms with Gasteiger partial charge in [0.15, 0.2) is 11.8 Å². The van der Waals surface area contributed by atoms with Crippen molar-refractivity contribution in [3.05, 3.63) is 24.3 Å². The second-order valence-corrected chi connectivity index (χ2v) is 6.78. The average Bonchev–Trinajstić information content (AvgIpc) is 2.88. The number of hydrogen-bond acceptors (Lipinski definition) is 4. The van der Waals surface area contributed by atoms with Gasteiger partial charge in [-0.15, -0.1) is 16.8 Å². The smallest absolute Gasteiger partial charge is 0.192 e. The van der Waals surface area contributed by atoms with Crippen LogP contribution in [0.25, 0.3) is 0 Å². The Labute approximate surface area is 143 Å². The summed E-state index contributed by atoms with van der Waals surface area (Å²) in [7, 11) is 1.96. The zero-order valence-corrected chi connectivity index (χ0v) is 14.7. The second-order valence-electron chi connectivity index (χ2n) is 6.78. The highest BCUT2D eigenvalue weighted by molar-refractivity contribution is 5.80. The molecule has 0 amide bonds. The van der Waals surface area contributed by atoms with Crippen LogP contribution in [0.3, 0.4) is 0 Å². The van der Waals surface area contributed by atoms with E-state index >= 15 is 0 Å². The minimum Gasteiger partial charge on any atom is -0.375 e. The fraction of sp³-hybridized carbons (Fsp3) is 0.706. The molecule has 0 radical (unpaired) electrons. The second kappa shape index (κ2) is 7.34. The maximum Gasteiger partial charge on any atom is 0.192 e. The van der Waals surface area contributed by atoms with Crippen LogP contribution < -0.4 is 10.6 Å². The third kappa shape index (κ3) is 3.77. The largest absolute Gasteiger partial charge is 0.375 e. The summed E-state index contributed by atoms with van der Waals surface area (Å²) in [5.41, 5.74) is 0.125. The van der Waals surface area contributed by atoms with Gasteiger partial charge in [0.2, 0.25) is 0 Å². The van der Waals surface area contributed by atoms with Crippen LogP contribution in [-0.2, 0) is 18.3 Å². The van der Waals surface area contributed by atoms with Gasteiger partial charge in [0.05, 0.1) is 5.60 Å². The highest BCUT2D eigenvalue weighted by atomic mass is 16.5. The Morgan fingerprint density at radius 3 is 2.96 bits per heavy atom. The van der Waals surface area contributed by atoms with Crippen LogP contribution in [0.5, 0.6) is 0 Å². The first-order valence-corrected chi connectivity index (χ1v) is 8.76. The molecule has 3 rings (SSSR count). The Kier molecular flexibility index (Phi) is 5.18. The summed E-state index contributed by atoms with van der Waals surface area (Å²) in [5, 5.41) is 15.1. The summed E-state index contributed by atoms with van der Waals surface area (Å²) >= 11 is 0. The number of ether oxygens (including phenoxy) is 1. The van der Waals surface area contributed by atoms with E-state index in [4.69, 9.17) is 4.74 Å². The normalized spacial score (nSPS) is 22.9. The quantitative estimate of drug-likeness (QED) is 0.485. The van der Waals surface area contributed by atoms with E-state index in [0.29, 0.717) is 19.1 Å². The van der Waals surface area contributed by atoms with Crippen molar-refractivity contribution >= 4 is 5.96 Å². The molecule has 1 aromatic heterocycles. The van der Waals surface area contributed by atoms with Crippen LogP contribution in [0, 0.1) is 6.92 Å². The van der Waals surface area contributed by atoms with E-state index in [1.165, 1.54) is 19.3 Å². The molecular formula is C17H28N6O. The average molecular weight is 332 g/mol. The summed E-state index contributed by atoms with van der Waals surface area (Å²) in [5.74, 6) is 2.55. The van der Waals surface area contributed by atoms with Crippen LogP contribution >= 0.6 is 0 Å². The van der Waals surface area contributed by atoms with E-state index in [1.807, 2.05) is 24.6 Å². The number of aliphatic imine (C=N–C) groups is 1. The van der Waals surface area contributed by atoms with E-state index < -0.39 is 0 Å². The molecule has 0 aromatic carbocycles. The van der Waals surface area contributed by atoms with Crippen molar-refractivity contribution in [3.8, 4) is 0 Å². The molecule has 2 heterocycles. The van der Waals surface area contributed by atoms with Crippen LogP contribution in [0.2, 0.25) is 0 Å². The van der Waals surface area contributed by atoms with Crippen molar-refractivity contribution in [2.45, 2.75) is 57.2 Å². The van der Waals surface area contributed by atoms with Crippen LogP contribution in [0.15, 0.2) is 17.6 Å². The zero-order chi connectivity index (χ0) is 17.0. The molecule has 1 saturated heterocycles. The topological polar surface area (TPSA) is 76.4 Å². The van der Waals surface area contributed by atoms with Gasteiger partial charge in [0.25, 0.3) is 0 Å². The number of rotatable bonds is 5. The highest BCUT2D eigenvalue weighted by Gasteiger charge is 2.42. The maximum atomic E-state index is 6.00. The predicted octanol–water partition coefficient (Wildman–Crippen LogP) is 1.45. The Balaban J connectivity index is 1.63. The van der Waals surface area contributed by atoms with Gasteiger partial charge in [-0.1, -0.05) is 6.08 Å². The molecule has 132 valence electrons. The van der Waals surface area contributed by atoms with Crippen molar-refractivity contribution < 1.29 is 4.74 Å². The van der Waals surface area contributed by atoms with Gasteiger partial charge in [0.1, 0.15) is 12.4 Å². The van der Waals surface area contributed by atoms with Crippen molar-refractivity contribution in [1.29, 1.82) is 0 Å². The first-order valence-electron chi connectivity index (χ1n) is 8.76. The summed E-state index contributed by atoms with van der Waals surface area (Å²) < 4.78 is 7.97. The lowest BCUT2D eigenvalue weighted by molar-refractivity contribution is -0.134. The minimum atomic E-state index is 0.125. The number of aromatic nitrogens is 3. The van der Waals surface area contributed by atoms with Gasteiger partial charge < -0.3 is 19.9 Å². The molecule has 2 N–H and O–H groups in total. The van der Waals surface area contributed by atoms with E-state index in [9.17, 15) is 0 Å². The third-order valence-corrected chi connectivity index (χ3v) is 5.07. The molecule has 1 aromatic rings. The maximum absolute atomic E-state index is 6.00. The minimum absolute atomic E-state index is 0.125. The van der Waals surface area contributed by atoms with E-state index in [0.717, 1.165) is 37.1 Å². The fourth-order valence-electron chi connectivity index (χ4n) is 3.32. The molecular weight excluding hydrogens is 304 g/mol. The SMILES string of the molecule is C=CCNC(=NCc1nnc(C)n1C)NC1CCOC2(CCC2)C1. The van der Waals surface area contributed by atoms with Crippen LogP contribution in [0.4, 0.5) is 0 Å². The fourth-order valence-corrected chi connectivity index (χ4v) is 3.32. The lowest BCUT2D eigenvalue weighted by Gasteiger charge is -2.47. The molecule has 1 aliphatic carbocycles. The first kappa shape index (κ1) is 17.0. The highest BCUT2D eigenvalue weighted by Crippen LogP contribution is 2.42. The Morgan fingerprint density at radius 2 is 2.33 bits per heavy atom. The van der Waals surface area contributed by atoms with Gasteiger partial charge >= 0.3 is 0 Å². The molecule has 24 heavy (non-hydrogen) atoms. The Morgan fingerprint density at radius 1 is 1.50 bits per heavy atom. The van der Waals surface area contributed by atoms with Crippen LogP contribution in [-0.4, -0.2) is 45.5 Å². The summed E-state index contributed by atoms with van der Waals surface area (Å²) in [6, 6.07) is 0.399. The van der Waals surface area contributed by atoms with Crippen LogP contribution in [0.1, 0.15) is 43.8 Å². The van der Waals surface area contributed by atoms with Crippen molar-refractivity contribution in [2.75, 3.05) is 13.2 Å². The van der Waals surface area contributed by atoms with E-state index in [2.05, 4.69) is 32.4 Å². The summed E-state index contributed by atoms with van der Waals surface area (Å²) in [6.45, 7) is 7.71. The van der Waals surface area contributed by atoms with Crippen molar-refractivity contribution in [1.82, 2.24) is 25.4 Å². The lowest BCUT2D eigenvalue weighted by atomic mass is 9.74. The number of guanidine groups is 1. The molecule has 7 heteroatoms. The Bertz CT molecular complexity index is 604. The third-order valence-electron chi connectivity index (χ3n) is 5.07. The van der Waals surface area contributed by atoms with Crippen molar-refractivity contribution in [3.63, 3.8) is 0 Å². The summed E-state index contributed by atoms with van der Waals surface area (Å²) in [4.78, 5) is 4.67. The molecule has 1 spiro atoms. The number of hydrogen-bond donors (Lipinski definition) is 2. The number of aryl methyl sites for hydroxylation is 1. The van der Waals surface area contributed by atoms with E-state index in [-0.39, 0.29) is 5.60 Å². The van der Waals surface area contributed by atoms with Gasteiger partial charge in [0, 0.05) is 26.2 Å². The molecule has 2 aliphatic rings. The molecule has 1 aliphatic heterocycles. The molecule has 1 atom stereocenters. The summed E-state index contributed by atoms with van der Waals surface area (Å²) in [6.07, 6.45) is 7.57. The standard InChI is InChI=1S/C17H28N6O/c1-4-9-18-16(19-12-15-22-21-13(2)23(15)3)20-14-6-10-24-17(11-14)7-5-8-17/h4,14H,1,5-12H2,2-3H3,(H2,18,19,20).